The maximum absolute atomic E-state index is 12.8. The van der Waals surface area contributed by atoms with Crippen LogP contribution < -0.4 is 5.32 Å². The first kappa shape index (κ1) is 13.4. The molecule has 0 aliphatic carbocycles. The maximum Gasteiger partial charge on any atom is 0.123 e. The van der Waals surface area contributed by atoms with Crippen molar-refractivity contribution in [3.8, 4) is 0 Å². The monoisotopic (exact) mass is 241 g/mol. The van der Waals surface area contributed by atoms with E-state index < -0.39 is 8.07 Å². The minimum Gasteiger partial charge on any atom is -0.394 e. The maximum atomic E-state index is 12.8. The van der Waals surface area contributed by atoms with E-state index in [1.165, 1.54) is 12.1 Å². The van der Waals surface area contributed by atoms with Gasteiger partial charge in [0.05, 0.1) is 20.7 Å². The number of rotatable bonds is 5. The molecule has 0 aliphatic rings. The molecule has 0 fully saturated rings. The first-order valence-corrected chi connectivity index (χ1v) is 9.23. The van der Waals surface area contributed by atoms with Crippen LogP contribution in [0, 0.1) is 5.82 Å². The highest BCUT2D eigenvalue weighted by molar-refractivity contribution is 6.76. The highest BCUT2D eigenvalue weighted by Gasteiger charge is 2.16. The molecule has 0 heterocycles. The van der Waals surface area contributed by atoms with Gasteiger partial charge in [-0.3, -0.25) is 0 Å². The predicted octanol–water partition coefficient (Wildman–Crippen LogP) is 2.33. The zero-order chi connectivity index (χ0) is 12.2. The summed E-state index contributed by atoms with van der Waals surface area (Å²) < 4.78 is 12.8. The lowest BCUT2D eigenvalue weighted by atomic mass is 10.1. The second-order valence-electron chi connectivity index (χ2n) is 5.23. The minimum absolute atomic E-state index is 0.0378. The van der Waals surface area contributed by atoms with Gasteiger partial charge in [-0.15, -0.1) is 0 Å². The minimum atomic E-state index is -1.18. The van der Waals surface area contributed by atoms with E-state index in [0.29, 0.717) is 0 Å². The Kier molecular flexibility index (Phi) is 4.65. The number of hydrogen-bond acceptors (Lipinski definition) is 2. The number of benzene rings is 1. The molecule has 2 N–H and O–H groups in total. The molecule has 1 aromatic carbocycles. The lowest BCUT2D eigenvalue weighted by molar-refractivity contribution is 0.249. The number of aliphatic hydroxyl groups excluding tert-OH is 1. The van der Waals surface area contributed by atoms with Gasteiger partial charge in [0.15, 0.2) is 0 Å². The number of halogens is 1. The van der Waals surface area contributed by atoms with Crippen molar-refractivity contribution < 1.29 is 9.50 Å². The predicted molar refractivity (Wildman–Crippen MR) is 67.6 cm³/mol. The van der Waals surface area contributed by atoms with Crippen LogP contribution in [0.2, 0.25) is 19.6 Å². The van der Waals surface area contributed by atoms with E-state index in [1.807, 2.05) is 0 Å². The van der Waals surface area contributed by atoms with E-state index in [2.05, 4.69) is 25.0 Å². The third-order valence-corrected chi connectivity index (χ3v) is 3.60. The van der Waals surface area contributed by atoms with Gasteiger partial charge in [-0.05, 0) is 23.9 Å². The van der Waals surface area contributed by atoms with Gasteiger partial charge in [0.25, 0.3) is 0 Å². The van der Waals surface area contributed by atoms with Crippen molar-refractivity contribution in [2.45, 2.75) is 25.7 Å². The summed E-state index contributed by atoms with van der Waals surface area (Å²) >= 11 is 0. The second-order valence-corrected chi connectivity index (χ2v) is 10.7. The molecule has 0 bridgehead atoms. The number of aliphatic hydroxyl groups is 1. The Labute approximate surface area is 97.5 Å². The Morgan fingerprint density at radius 1 is 1.25 bits per heavy atom. The quantitative estimate of drug-likeness (QED) is 0.776. The summed E-state index contributed by atoms with van der Waals surface area (Å²) in [6.45, 7) is 6.83. The average molecular weight is 241 g/mol. The summed E-state index contributed by atoms with van der Waals surface area (Å²) in [5, 5.41) is 12.6. The fourth-order valence-electron chi connectivity index (χ4n) is 1.41. The third kappa shape index (κ3) is 4.43. The Morgan fingerprint density at radius 2 is 1.81 bits per heavy atom. The average Bonchev–Trinajstić information content (AvgIpc) is 2.20. The van der Waals surface area contributed by atoms with Crippen LogP contribution in [0.5, 0.6) is 0 Å². The first-order chi connectivity index (χ1) is 7.42. The Hall–Kier alpha value is -0.713. The van der Waals surface area contributed by atoms with Crippen molar-refractivity contribution in [3.05, 3.63) is 35.6 Å². The van der Waals surface area contributed by atoms with E-state index in [0.717, 1.165) is 11.7 Å². The molecule has 4 heteroatoms. The van der Waals surface area contributed by atoms with Crippen LogP contribution in [0.3, 0.4) is 0 Å². The molecule has 0 amide bonds. The van der Waals surface area contributed by atoms with Crippen LogP contribution in [0.15, 0.2) is 24.3 Å². The lowest BCUT2D eigenvalue weighted by Crippen LogP contribution is -2.39. The Balaban J connectivity index is 2.64. The Bertz CT molecular complexity index is 321. The second kappa shape index (κ2) is 5.57. The largest absolute Gasteiger partial charge is 0.394 e. The number of nitrogens with one attached hydrogen (secondary N) is 1. The van der Waals surface area contributed by atoms with Crippen LogP contribution in [-0.4, -0.2) is 26.0 Å². The highest BCUT2D eigenvalue weighted by Crippen LogP contribution is 2.13. The van der Waals surface area contributed by atoms with E-state index in [9.17, 15) is 9.50 Å². The summed E-state index contributed by atoms with van der Waals surface area (Å²) in [7, 11) is -1.18. The Morgan fingerprint density at radius 3 is 2.25 bits per heavy atom. The van der Waals surface area contributed by atoms with Crippen LogP contribution in [-0.2, 0) is 0 Å². The van der Waals surface area contributed by atoms with E-state index in [-0.39, 0.29) is 18.5 Å². The van der Waals surface area contributed by atoms with Gasteiger partial charge in [-0.1, -0.05) is 31.8 Å². The van der Waals surface area contributed by atoms with E-state index in [4.69, 9.17) is 0 Å². The van der Waals surface area contributed by atoms with Gasteiger partial charge in [0, 0.05) is 0 Å². The molecule has 0 spiro atoms. The molecule has 1 rings (SSSR count). The normalized spacial score (nSPS) is 13.8. The van der Waals surface area contributed by atoms with Crippen molar-refractivity contribution in [1.82, 2.24) is 5.32 Å². The van der Waals surface area contributed by atoms with Crippen molar-refractivity contribution >= 4 is 8.07 Å². The summed E-state index contributed by atoms with van der Waals surface area (Å²) in [5.41, 5.74) is 0.933. The lowest BCUT2D eigenvalue weighted by Gasteiger charge is -2.22. The van der Waals surface area contributed by atoms with Crippen molar-refractivity contribution in [2.75, 3.05) is 12.8 Å². The van der Waals surface area contributed by atoms with Gasteiger partial charge >= 0.3 is 0 Å². The van der Waals surface area contributed by atoms with Crippen molar-refractivity contribution in [2.24, 2.45) is 0 Å². The van der Waals surface area contributed by atoms with Crippen LogP contribution in [0.1, 0.15) is 11.6 Å². The SMILES string of the molecule is C[Si](C)(C)CNC(CO)c1ccc(F)cc1. The molecule has 0 aliphatic heterocycles. The number of hydrogen-bond donors (Lipinski definition) is 2. The van der Waals surface area contributed by atoms with Crippen LogP contribution in [0.4, 0.5) is 4.39 Å². The van der Waals surface area contributed by atoms with Crippen LogP contribution >= 0.6 is 0 Å². The summed E-state index contributed by atoms with van der Waals surface area (Å²) in [5.74, 6) is -0.245. The molecule has 2 nitrogen and oxygen atoms in total. The first-order valence-electron chi connectivity index (χ1n) is 5.52. The zero-order valence-corrected chi connectivity index (χ0v) is 11.1. The fourth-order valence-corrected chi connectivity index (χ4v) is 2.27. The third-order valence-electron chi connectivity index (χ3n) is 2.33. The molecule has 1 atom stereocenters. The van der Waals surface area contributed by atoms with E-state index in [1.54, 1.807) is 12.1 Å². The smallest absolute Gasteiger partial charge is 0.123 e. The van der Waals surface area contributed by atoms with Gasteiger partial charge in [0.2, 0.25) is 0 Å². The highest BCUT2D eigenvalue weighted by atomic mass is 28.3. The van der Waals surface area contributed by atoms with Gasteiger partial charge < -0.3 is 10.4 Å². The van der Waals surface area contributed by atoms with Crippen molar-refractivity contribution in [1.29, 1.82) is 0 Å². The van der Waals surface area contributed by atoms with Gasteiger partial charge in [-0.2, -0.15) is 0 Å². The molecular formula is C12H20FNOSi. The molecule has 0 saturated heterocycles. The van der Waals surface area contributed by atoms with Gasteiger partial charge in [-0.25, -0.2) is 4.39 Å². The molecule has 0 aromatic heterocycles. The summed E-state index contributed by atoms with van der Waals surface area (Å²) in [4.78, 5) is 0. The molecule has 1 unspecified atom stereocenters. The molecule has 90 valence electrons. The zero-order valence-electron chi connectivity index (χ0n) is 10.1. The molecule has 0 saturated carbocycles. The topological polar surface area (TPSA) is 32.3 Å². The standard InChI is InChI=1S/C12H20FNOSi/c1-16(2,3)9-14-12(8-15)10-4-6-11(13)7-5-10/h4-7,12,14-15H,8-9H2,1-3H3. The van der Waals surface area contributed by atoms with E-state index >= 15 is 0 Å². The molecule has 0 radical (unpaired) electrons. The van der Waals surface area contributed by atoms with Crippen LogP contribution in [0.25, 0.3) is 0 Å². The molecule has 1 aromatic rings. The summed E-state index contributed by atoms with van der Waals surface area (Å²) in [6, 6.07) is 6.19. The van der Waals surface area contributed by atoms with Gasteiger partial charge in [0.1, 0.15) is 5.82 Å². The molecule has 16 heavy (non-hydrogen) atoms. The summed E-state index contributed by atoms with van der Waals surface area (Å²) in [6.07, 6.45) is 0.940. The molecular weight excluding hydrogens is 221 g/mol. The van der Waals surface area contributed by atoms with Crippen molar-refractivity contribution in [3.63, 3.8) is 0 Å². The fraction of sp³-hybridized carbons (Fsp3) is 0.500.